The smallest absolute Gasteiger partial charge is 0.335 e. The first-order chi connectivity index (χ1) is 20.6. The van der Waals surface area contributed by atoms with Gasteiger partial charge < -0.3 is 25.2 Å². The zero-order valence-electron chi connectivity index (χ0n) is 24.2. The van der Waals surface area contributed by atoms with Gasteiger partial charge in [0, 0.05) is 25.6 Å². The highest BCUT2D eigenvalue weighted by molar-refractivity contribution is 7.20. The molecule has 1 aromatic heterocycles. The molecular formula is C32H34N4O6S. The number of hydrogen-bond donors (Lipinski definition) is 3. The first-order valence-corrected chi connectivity index (χ1v) is 14.9. The Hall–Kier alpha value is -4.32. The number of amides is 2. The lowest BCUT2D eigenvalue weighted by Crippen LogP contribution is -2.49. The molecule has 11 heteroatoms. The third-order valence-corrected chi connectivity index (χ3v) is 8.61. The summed E-state index contributed by atoms with van der Waals surface area (Å²) in [4.78, 5) is 46.5. The SMILES string of the molecule is C[C@H](CO)N1C[C@H](C)[C@@H](CN(C)Cc2ccc(C(=O)O)cc2)Oc2c(NC(=O)c3nc4ccccc4s3)cccc2C1=O. The van der Waals surface area contributed by atoms with Crippen molar-refractivity contribution >= 4 is 45.0 Å². The normalized spacial score (nSPS) is 17.6. The summed E-state index contributed by atoms with van der Waals surface area (Å²) in [7, 11) is 1.95. The van der Waals surface area contributed by atoms with Crippen LogP contribution >= 0.6 is 11.3 Å². The number of likely N-dealkylation sites (N-methyl/N-ethyl adjacent to an activating group) is 1. The lowest BCUT2D eigenvalue weighted by atomic mass is 9.98. The second kappa shape index (κ2) is 12.9. The number of carboxylic acid groups (broad SMARTS) is 1. The molecule has 3 atom stereocenters. The first kappa shape index (κ1) is 30.1. The van der Waals surface area contributed by atoms with E-state index < -0.39 is 17.9 Å². The summed E-state index contributed by atoms with van der Waals surface area (Å²) < 4.78 is 7.50. The molecule has 0 unspecified atom stereocenters. The quantitative estimate of drug-likeness (QED) is 0.253. The topological polar surface area (TPSA) is 132 Å². The summed E-state index contributed by atoms with van der Waals surface area (Å²) in [5, 5.41) is 22.4. The van der Waals surface area contributed by atoms with Gasteiger partial charge in [0.25, 0.3) is 11.8 Å². The van der Waals surface area contributed by atoms with Crippen LogP contribution in [0.3, 0.4) is 0 Å². The Bertz CT molecular complexity index is 1610. The number of para-hydroxylation sites is 2. The molecule has 0 fully saturated rings. The molecule has 0 spiro atoms. The number of aromatic nitrogens is 1. The Labute approximate surface area is 253 Å². The molecule has 1 aliphatic heterocycles. The second-order valence-corrected chi connectivity index (χ2v) is 12.0. The van der Waals surface area contributed by atoms with Crippen molar-refractivity contribution in [1.82, 2.24) is 14.8 Å². The van der Waals surface area contributed by atoms with Crippen molar-refractivity contribution in [3.8, 4) is 5.75 Å². The third-order valence-electron chi connectivity index (χ3n) is 7.57. The van der Waals surface area contributed by atoms with Crippen molar-refractivity contribution in [1.29, 1.82) is 0 Å². The molecule has 0 radical (unpaired) electrons. The number of aliphatic hydroxyl groups is 1. The van der Waals surface area contributed by atoms with Gasteiger partial charge in [-0.3, -0.25) is 14.5 Å². The minimum absolute atomic E-state index is 0.129. The van der Waals surface area contributed by atoms with Crippen molar-refractivity contribution in [2.45, 2.75) is 32.5 Å². The maximum absolute atomic E-state index is 13.8. The summed E-state index contributed by atoms with van der Waals surface area (Å²) in [5.74, 6) is -1.52. The largest absolute Gasteiger partial charge is 0.486 e. The number of carbonyl (C=O) groups is 3. The predicted molar refractivity (Wildman–Crippen MR) is 165 cm³/mol. The number of thiazole rings is 1. The minimum atomic E-state index is -0.974. The molecule has 43 heavy (non-hydrogen) atoms. The molecule has 0 saturated carbocycles. The van der Waals surface area contributed by atoms with E-state index in [0.29, 0.717) is 35.9 Å². The van der Waals surface area contributed by atoms with E-state index in [1.165, 1.54) is 11.3 Å². The molecule has 2 amide bonds. The molecule has 2 heterocycles. The lowest BCUT2D eigenvalue weighted by molar-refractivity contribution is 0.0343. The van der Waals surface area contributed by atoms with Gasteiger partial charge in [0.05, 0.1) is 39.7 Å². The molecular weight excluding hydrogens is 568 g/mol. The van der Waals surface area contributed by atoms with E-state index in [9.17, 15) is 24.6 Å². The van der Waals surface area contributed by atoms with Gasteiger partial charge in [-0.15, -0.1) is 11.3 Å². The van der Waals surface area contributed by atoms with Gasteiger partial charge in [0.1, 0.15) is 6.10 Å². The highest BCUT2D eigenvalue weighted by Gasteiger charge is 2.34. The van der Waals surface area contributed by atoms with E-state index in [1.54, 1.807) is 54.3 Å². The van der Waals surface area contributed by atoms with Crippen molar-refractivity contribution in [3.05, 3.63) is 88.4 Å². The van der Waals surface area contributed by atoms with Crippen molar-refractivity contribution in [2.75, 3.05) is 32.1 Å². The van der Waals surface area contributed by atoms with E-state index in [0.717, 1.165) is 15.8 Å². The van der Waals surface area contributed by atoms with Crippen molar-refractivity contribution < 1.29 is 29.3 Å². The van der Waals surface area contributed by atoms with Crippen LogP contribution in [-0.2, 0) is 6.54 Å². The Morgan fingerprint density at radius 1 is 1.14 bits per heavy atom. The van der Waals surface area contributed by atoms with Crippen LogP contribution in [0.1, 0.15) is 49.9 Å². The average Bonchev–Trinajstić information content (AvgIpc) is 3.44. The third kappa shape index (κ3) is 6.69. The summed E-state index contributed by atoms with van der Waals surface area (Å²) in [6.45, 7) is 5.00. The standard InChI is InChI=1S/C32H34N4O6S/c1-19-15-36(20(2)18-37)31(39)23-7-6-9-25(33-29(38)30-34-24-8-4-5-10-27(24)43-30)28(23)42-26(19)17-35(3)16-21-11-13-22(14-12-21)32(40)41/h4-14,19-20,26,37H,15-18H2,1-3H3,(H,33,38)(H,40,41)/t19-,20+,26+/m0/s1. The van der Waals surface area contributed by atoms with Gasteiger partial charge in [-0.1, -0.05) is 37.3 Å². The van der Waals surface area contributed by atoms with Crippen LogP contribution in [0.2, 0.25) is 0 Å². The zero-order chi connectivity index (χ0) is 30.7. The first-order valence-electron chi connectivity index (χ1n) is 14.0. The van der Waals surface area contributed by atoms with E-state index in [4.69, 9.17) is 4.74 Å². The Kier molecular flexibility index (Phi) is 9.05. The molecule has 3 N–H and O–H groups in total. The van der Waals surface area contributed by atoms with E-state index in [-0.39, 0.29) is 35.8 Å². The van der Waals surface area contributed by atoms with Crippen LogP contribution in [0.15, 0.2) is 66.7 Å². The number of carbonyl (C=O) groups excluding carboxylic acids is 2. The molecule has 0 aliphatic carbocycles. The number of aliphatic hydroxyl groups excluding tert-OH is 1. The monoisotopic (exact) mass is 602 g/mol. The number of benzene rings is 3. The average molecular weight is 603 g/mol. The summed E-state index contributed by atoms with van der Waals surface area (Å²) in [6, 6.07) is 18.9. The molecule has 10 nitrogen and oxygen atoms in total. The fourth-order valence-corrected chi connectivity index (χ4v) is 6.00. The summed E-state index contributed by atoms with van der Waals surface area (Å²) in [5.41, 5.74) is 2.56. The molecule has 0 saturated heterocycles. The number of fused-ring (bicyclic) bond motifs is 2. The van der Waals surface area contributed by atoms with Crippen molar-refractivity contribution in [3.63, 3.8) is 0 Å². The molecule has 3 aromatic carbocycles. The number of anilines is 1. The van der Waals surface area contributed by atoms with Gasteiger partial charge in [0.2, 0.25) is 0 Å². The number of nitrogens with one attached hydrogen (secondary N) is 1. The van der Waals surface area contributed by atoms with Crippen LogP contribution in [0, 0.1) is 5.92 Å². The highest BCUT2D eigenvalue weighted by Crippen LogP contribution is 2.35. The Balaban J connectivity index is 1.44. The van der Waals surface area contributed by atoms with Gasteiger partial charge in [-0.2, -0.15) is 0 Å². The molecule has 5 rings (SSSR count). The summed E-state index contributed by atoms with van der Waals surface area (Å²) >= 11 is 1.28. The van der Waals surface area contributed by atoms with Crippen LogP contribution in [0.4, 0.5) is 5.69 Å². The minimum Gasteiger partial charge on any atom is -0.486 e. The van der Waals surface area contributed by atoms with Gasteiger partial charge in [0.15, 0.2) is 10.8 Å². The molecule has 0 bridgehead atoms. The number of nitrogens with zero attached hydrogens (tertiary/aromatic N) is 3. The van der Waals surface area contributed by atoms with Crippen molar-refractivity contribution in [2.24, 2.45) is 5.92 Å². The van der Waals surface area contributed by atoms with Gasteiger partial charge in [-0.25, -0.2) is 9.78 Å². The maximum atomic E-state index is 13.8. The fraction of sp³-hybridized carbons (Fsp3) is 0.312. The zero-order valence-corrected chi connectivity index (χ0v) is 25.0. The van der Waals surface area contributed by atoms with E-state index in [1.807, 2.05) is 38.2 Å². The van der Waals surface area contributed by atoms with Crippen LogP contribution in [0.25, 0.3) is 10.2 Å². The highest BCUT2D eigenvalue weighted by atomic mass is 32.1. The lowest BCUT2D eigenvalue weighted by Gasteiger charge is -2.38. The summed E-state index contributed by atoms with van der Waals surface area (Å²) in [6.07, 6.45) is -0.385. The van der Waals surface area contributed by atoms with Crippen LogP contribution < -0.4 is 10.1 Å². The Morgan fingerprint density at radius 3 is 2.58 bits per heavy atom. The molecule has 224 valence electrons. The molecule has 1 aliphatic rings. The number of carboxylic acids is 1. The number of ether oxygens (including phenoxy) is 1. The number of rotatable bonds is 9. The van der Waals surface area contributed by atoms with E-state index in [2.05, 4.69) is 15.2 Å². The molecule has 4 aromatic rings. The fourth-order valence-electron chi connectivity index (χ4n) is 5.14. The van der Waals surface area contributed by atoms with Crippen LogP contribution in [-0.4, -0.2) is 81.7 Å². The van der Waals surface area contributed by atoms with Gasteiger partial charge in [-0.05, 0) is 55.9 Å². The second-order valence-electron chi connectivity index (χ2n) is 10.9. The number of aromatic carboxylic acids is 1. The van der Waals surface area contributed by atoms with Crippen LogP contribution in [0.5, 0.6) is 5.75 Å². The predicted octanol–water partition coefficient (Wildman–Crippen LogP) is 4.60. The maximum Gasteiger partial charge on any atom is 0.335 e. The van der Waals surface area contributed by atoms with Gasteiger partial charge >= 0.3 is 5.97 Å². The van der Waals surface area contributed by atoms with E-state index >= 15 is 0 Å². The number of hydrogen-bond acceptors (Lipinski definition) is 8. The Morgan fingerprint density at radius 2 is 1.88 bits per heavy atom.